The molecule has 12 heavy (non-hydrogen) atoms. The van der Waals surface area contributed by atoms with Crippen LogP contribution >= 0.6 is 15.9 Å². The minimum Gasteiger partial charge on any atom is -0.373 e. The smallest absolute Gasteiger partial charge is 0.0810 e. The van der Waals surface area contributed by atoms with Crippen LogP contribution in [0.1, 0.15) is 33.1 Å². The van der Waals surface area contributed by atoms with E-state index in [0.717, 1.165) is 23.8 Å². The van der Waals surface area contributed by atoms with Crippen LogP contribution in [0.2, 0.25) is 0 Å². The van der Waals surface area contributed by atoms with E-state index in [-0.39, 0.29) is 0 Å². The lowest BCUT2D eigenvalue weighted by atomic mass is 9.94. The third-order valence-electron chi connectivity index (χ3n) is 2.32. The molecule has 0 spiro atoms. The van der Waals surface area contributed by atoms with Gasteiger partial charge in [0.2, 0.25) is 0 Å². The molecule has 1 saturated heterocycles. The Morgan fingerprint density at radius 3 is 2.58 bits per heavy atom. The maximum absolute atomic E-state index is 5.19. The monoisotopic (exact) mass is 234 g/mol. The molecule has 0 radical (unpaired) electrons. The van der Waals surface area contributed by atoms with E-state index in [0.29, 0.717) is 6.10 Å². The summed E-state index contributed by atoms with van der Waals surface area (Å²) in [5.74, 6) is 1.68. The van der Waals surface area contributed by atoms with Gasteiger partial charge in [-0.05, 0) is 31.1 Å². The third kappa shape index (κ3) is 4.46. The maximum atomic E-state index is 5.19. The van der Waals surface area contributed by atoms with Gasteiger partial charge in [-0.25, -0.2) is 0 Å². The topological polar surface area (TPSA) is 12.5 Å². The SMILES string of the molecule is CC(C)CC(CBr)CCC1CO1. The first-order valence-electron chi connectivity index (χ1n) is 4.90. The van der Waals surface area contributed by atoms with E-state index in [1.807, 2.05) is 0 Å². The summed E-state index contributed by atoms with van der Waals surface area (Å²) in [6.07, 6.45) is 4.55. The summed E-state index contributed by atoms with van der Waals surface area (Å²) in [5, 5.41) is 1.15. The molecule has 1 aliphatic heterocycles. The summed E-state index contributed by atoms with van der Waals surface area (Å²) >= 11 is 3.57. The van der Waals surface area contributed by atoms with Gasteiger partial charge in [0.15, 0.2) is 0 Å². The predicted octanol–water partition coefficient (Wildman–Crippen LogP) is 3.22. The van der Waals surface area contributed by atoms with Gasteiger partial charge >= 0.3 is 0 Å². The number of ether oxygens (including phenoxy) is 1. The molecule has 72 valence electrons. The fraction of sp³-hybridized carbons (Fsp3) is 1.00. The average Bonchev–Trinajstić information content (AvgIpc) is 2.80. The van der Waals surface area contributed by atoms with E-state index in [9.17, 15) is 0 Å². The van der Waals surface area contributed by atoms with Crippen LogP contribution in [0.4, 0.5) is 0 Å². The van der Waals surface area contributed by atoms with Crippen molar-refractivity contribution in [3.05, 3.63) is 0 Å². The Morgan fingerprint density at radius 2 is 2.17 bits per heavy atom. The van der Waals surface area contributed by atoms with Crippen LogP contribution in [0.5, 0.6) is 0 Å². The van der Waals surface area contributed by atoms with Crippen LogP contribution in [-0.2, 0) is 4.74 Å². The molecule has 2 unspecified atom stereocenters. The van der Waals surface area contributed by atoms with Crippen molar-refractivity contribution in [2.24, 2.45) is 11.8 Å². The summed E-state index contributed by atoms with van der Waals surface area (Å²) in [6.45, 7) is 5.60. The second kappa shape index (κ2) is 5.23. The first-order valence-corrected chi connectivity index (χ1v) is 6.02. The fourth-order valence-corrected chi connectivity index (χ4v) is 2.17. The zero-order valence-electron chi connectivity index (χ0n) is 8.05. The molecule has 1 heterocycles. The van der Waals surface area contributed by atoms with Crippen molar-refractivity contribution in [3.63, 3.8) is 0 Å². The molecular formula is C10H19BrO. The summed E-state index contributed by atoms with van der Waals surface area (Å²) in [6, 6.07) is 0. The van der Waals surface area contributed by atoms with Crippen molar-refractivity contribution in [2.75, 3.05) is 11.9 Å². The summed E-state index contributed by atoms with van der Waals surface area (Å²) in [7, 11) is 0. The molecule has 2 heteroatoms. The Kier molecular flexibility index (Phi) is 4.59. The van der Waals surface area contributed by atoms with Crippen molar-refractivity contribution in [2.45, 2.75) is 39.2 Å². The quantitative estimate of drug-likeness (QED) is 0.508. The molecule has 0 aromatic heterocycles. The van der Waals surface area contributed by atoms with E-state index in [4.69, 9.17) is 4.74 Å². The average molecular weight is 235 g/mol. The molecule has 0 aliphatic carbocycles. The second-order valence-electron chi connectivity index (χ2n) is 4.18. The van der Waals surface area contributed by atoms with Gasteiger partial charge in [-0.15, -0.1) is 0 Å². The third-order valence-corrected chi connectivity index (χ3v) is 3.24. The Labute approximate surface area is 84.0 Å². The van der Waals surface area contributed by atoms with Gasteiger partial charge in [0.25, 0.3) is 0 Å². The molecule has 1 rings (SSSR count). The first kappa shape index (κ1) is 10.5. The summed E-state index contributed by atoms with van der Waals surface area (Å²) in [5.41, 5.74) is 0. The lowest BCUT2D eigenvalue weighted by molar-refractivity contribution is 0.354. The van der Waals surface area contributed by atoms with Gasteiger partial charge in [-0.2, -0.15) is 0 Å². The largest absolute Gasteiger partial charge is 0.373 e. The number of hydrogen-bond acceptors (Lipinski definition) is 1. The predicted molar refractivity (Wildman–Crippen MR) is 55.7 cm³/mol. The van der Waals surface area contributed by atoms with Gasteiger partial charge in [-0.1, -0.05) is 29.8 Å². The fourth-order valence-electron chi connectivity index (χ4n) is 1.58. The number of halogens is 1. The zero-order valence-corrected chi connectivity index (χ0v) is 9.64. The molecule has 0 amide bonds. The highest BCUT2D eigenvalue weighted by Crippen LogP contribution is 2.24. The van der Waals surface area contributed by atoms with Gasteiger partial charge in [0.05, 0.1) is 12.7 Å². The number of rotatable bonds is 6. The maximum Gasteiger partial charge on any atom is 0.0810 e. The highest BCUT2D eigenvalue weighted by Gasteiger charge is 2.23. The number of epoxide rings is 1. The Morgan fingerprint density at radius 1 is 1.50 bits per heavy atom. The van der Waals surface area contributed by atoms with Gasteiger partial charge in [0, 0.05) is 5.33 Å². The molecule has 1 fully saturated rings. The Balaban J connectivity index is 2.06. The van der Waals surface area contributed by atoms with Crippen LogP contribution in [0.25, 0.3) is 0 Å². The van der Waals surface area contributed by atoms with E-state index >= 15 is 0 Å². The molecule has 1 aliphatic rings. The van der Waals surface area contributed by atoms with Gasteiger partial charge in [0.1, 0.15) is 0 Å². The molecule has 0 aromatic rings. The van der Waals surface area contributed by atoms with Crippen molar-refractivity contribution in [1.29, 1.82) is 0 Å². The molecule has 0 bridgehead atoms. The standard InChI is InChI=1S/C10H19BrO/c1-8(2)5-9(6-11)3-4-10-7-12-10/h8-10H,3-7H2,1-2H3. The number of hydrogen-bond donors (Lipinski definition) is 0. The second-order valence-corrected chi connectivity index (χ2v) is 4.83. The van der Waals surface area contributed by atoms with E-state index in [1.165, 1.54) is 19.3 Å². The van der Waals surface area contributed by atoms with Crippen LogP contribution in [-0.4, -0.2) is 18.0 Å². The van der Waals surface area contributed by atoms with Gasteiger partial charge < -0.3 is 4.74 Å². The lowest BCUT2D eigenvalue weighted by Gasteiger charge is -2.15. The van der Waals surface area contributed by atoms with Crippen LogP contribution < -0.4 is 0 Å². The zero-order chi connectivity index (χ0) is 8.97. The molecule has 0 saturated carbocycles. The number of alkyl halides is 1. The Bertz CT molecular complexity index is 121. The molecule has 1 nitrogen and oxygen atoms in total. The van der Waals surface area contributed by atoms with Crippen molar-refractivity contribution < 1.29 is 4.74 Å². The van der Waals surface area contributed by atoms with Crippen molar-refractivity contribution >= 4 is 15.9 Å². The van der Waals surface area contributed by atoms with Crippen LogP contribution in [0.15, 0.2) is 0 Å². The normalized spacial score (nSPS) is 24.5. The van der Waals surface area contributed by atoms with E-state index in [2.05, 4.69) is 29.8 Å². The van der Waals surface area contributed by atoms with E-state index < -0.39 is 0 Å². The minimum absolute atomic E-state index is 0.610. The van der Waals surface area contributed by atoms with E-state index in [1.54, 1.807) is 0 Å². The summed E-state index contributed by atoms with van der Waals surface area (Å²) in [4.78, 5) is 0. The minimum atomic E-state index is 0.610. The summed E-state index contributed by atoms with van der Waals surface area (Å²) < 4.78 is 5.19. The van der Waals surface area contributed by atoms with Crippen LogP contribution in [0, 0.1) is 11.8 Å². The van der Waals surface area contributed by atoms with Crippen molar-refractivity contribution in [1.82, 2.24) is 0 Å². The van der Waals surface area contributed by atoms with Crippen LogP contribution in [0.3, 0.4) is 0 Å². The molecule has 0 aromatic carbocycles. The Hall–Kier alpha value is 0.440. The molecule has 0 N–H and O–H groups in total. The molecule has 2 atom stereocenters. The molecular weight excluding hydrogens is 216 g/mol. The van der Waals surface area contributed by atoms with Gasteiger partial charge in [-0.3, -0.25) is 0 Å². The first-order chi connectivity index (χ1) is 5.72. The lowest BCUT2D eigenvalue weighted by Crippen LogP contribution is -2.07. The highest BCUT2D eigenvalue weighted by atomic mass is 79.9. The van der Waals surface area contributed by atoms with Crippen molar-refractivity contribution in [3.8, 4) is 0 Å². The highest BCUT2D eigenvalue weighted by molar-refractivity contribution is 9.09.